The van der Waals surface area contributed by atoms with Gasteiger partial charge in [-0.2, -0.15) is 0 Å². The van der Waals surface area contributed by atoms with Gasteiger partial charge < -0.3 is 5.32 Å². The van der Waals surface area contributed by atoms with Crippen LogP contribution >= 0.6 is 11.6 Å². The molecule has 0 saturated carbocycles. The Balaban J connectivity index is 1.85. The van der Waals surface area contributed by atoms with Gasteiger partial charge in [0.2, 0.25) is 0 Å². The maximum Gasteiger partial charge on any atom is 0.0453 e. The predicted octanol–water partition coefficient (Wildman–Crippen LogP) is 4.75. The van der Waals surface area contributed by atoms with Crippen LogP contribution in [0.5, 0.6) is 0 Å². The number of anilines is 1. The SMILES string of the molecule is Cc1ccc(NCCN(C)C(C)c2ccccc2Cl)cc1. The summed E-state index contributed by atoms with van der Waals surface area (Å²) in [5, 5.41) is 4.29. The highest BCUT2D eigenvalue weighted by molar-refractivity contribution is 6.31. The second-order valence-electron chi connectivity index (χ2n) is 5.47. The Morgan fingerprint density at radius 3 is 2.43 bits per heavy atom. The summed E-state index contributed by atoms with van der Waals surface area (Å²) in [5.41, 5.74) is 3.63. The molecule has 0 amide bonds. The fraction of sp³-hybridized carbons (Fsp3) is 0.333. The Bertz CT molecular complexity index is 566. The van der Waals surface area contributed by atoms with E-state index in [1.807, 2.05) is 18.2 Å². The summed E-state index contributed by atoms with van der Waals surface area (Å²) in [4.78, 5) is 2.31. The first-order valence-corrected chi connectivity index (χ1v) is 7.71. The fourth-order valence-corrected chi connectivity index (χ4v) is 2.59. The fourth-order valence-electron chi connectivity index (χ4n) is 2.29. The minimum Gasteiger partial charge on any atom is -0.384 e. The number of nitrogens with one attached hydrogen (secondary N) is 1. The first kappa shape index (κ1) is 15.9. The van der Waals surface area contributed by atoms with Gasteiger partial charge in [0.1, 0.15) is 0 Å². The summed E-state index contributed by atoms with van der Waals surface area (Å²) >= 11 is 6.27. The first-order chi connectivity index (χ1) is 10.1. The number of hydrogen-bond acceptors (Lipinski definition) is 2. The molecule has 2 rings (SSSR count). The second-order valence-corrected chi connectivity index (χ2v) is 5.88. The van der Waals surface area contributed by atoms with Gasteiger partial charge >= 0.3 is 0 Å². The molecular formula is C18H23ClN2. The van der Waals surface area contributed by atoms with Crippen LogP contribution in [-0.4, -0.2) is 25.0 Å². The van der Waals surface area contributed by atoms with Crippen LogP contribution in [0.1, 0.15) is 24.1 Å². The highest BCUT2D eigenvalue weighted by Gasteiger charge is 2.13. The molecule has 1 atom stereocenters. The molecule has 2 nitrogen and oxygen atoms in total. The third kappa shape index (κ3) is 4.48. The van der Waals surface area contributed by atoms with Crippen LogP contribution < -0.4 is 5.32 Å². The van der Waals surface area contributed by atoms with Gasteiger partial charge in [0.15, 0.2) is 0 Å². The molecule has 0 aliphatic rings. The third-order valence-electron chi connectivity index (χ3n) is 3.86. The van der Waals surface area contributed by atoms with Gasteiger partial charge in [-0.25, -0.2) is 0 Å². The lowest BCUT2D eigenvalue weighted by Crippen LogP contribution is -2.28. The van der Waals surface area contributed by atoms with Crippen molar-refractivity contribution in [1.29, 1.82) is 0 Å². The first-order valence-electron chi connectivity index (χ1n) is 7.33. The molecule has 1 unspecified atom stereocenters. The summed E-state index contributed by atoms with van der Waals surface area (Å²) in [6, 6.07) is 16.8. The van der Waals surface area contributed by atoms with Crippen molar-refractivity contribution >= 4 is 17.3 Å². The monoisotopic (exact) mass is 302 g/mol. The Morgan fingerprint density at radius 2 is 1.76 bits per heavy atom. The molecule has 112 valence electrons. The van der Waals surface area contributed by atoms with E-state index < -0.39 is 0 Å². The van der Waals surface area contributed by atoms with Crippen LogP contribution in [0.15, 0.2) is 48.5 Å². The van der Waals surface area contributed by atoms with Gasteiger partial charge in [0.25, 0.3) is 0 Å². The summed E-state index contributed by atoms with van der Waals surface area (Å²) in [6.07, 6.45) is 0. The summed E-state index contributed by atoms with van der Waals surface area (Å²) in [7, 11) is 2.13. The minimum absolute atomic E-state index is 0.304. The van der Waals surface area contributed by atoms with Crippen LogP contribution in [0.3, 0.4) is 0 Å². The number of aryl methyl sites for hydroxylation is 1. The molecular weight excluding hydrogens is 280 g/mol. The second kappa shape index (κ2) is 7.48. The van der Waals surface area contributed by atoms with Gasteiger partial charge in [-0.05, 0) is 44.7 Å². The lowest BCUT2D eigenvalue weighted by atomic mass is 10.1. The van der Waals surface area contributed by atoms with Crippen LogP contribution in [0.4, 0.5) is 5.69 Å². The average molecular weight is 303 g/mol. The van der Waals surface area contributed by atoms with Crippen molar-refractivity contribution in [1.82, 2.24) is 4.90 Å². The number of nitrogens with zero attached hydrogens (tertiary/aromatic N) is 1. The molecule has 0 saturated heterocycles. The molecule has 0 radical (unpaired) electrons. The smallest absolute Gasteiger partial charge is 0.0453 e. The lowest BCUT2D eigenvalue weighted by molar-refractivity contribution is 0.272. The van der Waals surface area contributed by atoms with Gasteiger partial charge in [-0.1, -0.05) is 47.5 Å². The van der Waals surface area contributed by atoms with Crippen LogP contribution in [-0.2, 0) is 0 Å². The molecule has 3 heteroatoms. The van der Waals surface area contributed by atoms with Crippen molar-refractivity contribution in [2.45, 2.75) is 19.9 Å². The Hall–Kier alpha value is -1.51. The summed E-state index contributed by atoms with van der Waals surface area (Å²) in [6.45, 7) is 6.16. The number of benzene rings is 2. The molecule has 0 aliphatic carbocycles. The van der Waals surface area contributed by atoms with E-state index in [2.05, 4.69) is 61.4 Å². The number of hydrogen-bond donors (Lipinski definition) is 1. The zero-order chi connectivity index (χ0) is 15.2. The molecule has 21 heavy (non-hydrogen) atoms. The largest absolute Gasteiger partial charge is 0.384 e. The molecule has 0 fully saturated rings. The molecule has 0 heterocycles. The van der Waals surface area contributed by atoms with Crippen molar-refractivity contribution in [3.05, 3.63) is 64.7 Å². The maximum atomic E-state index is 6.27. The van der Waals surface area contributed by atoms with E-state index in [9.17, 15) is 0 Å². The molecule has 2 aromatic rings. The van der Waals surface area contributed by atoms with E-state index in [0.717, 1.165) is 18.1 Å². The zero-order valence-electron chi connectivity index (χ0n) is 12.9. The number of rotatable bonds is 6. The van der Waals surface area contributed by atoms with E-state index in [4.69, 9.17) is 11.6 Å². The summed E-state index contributed by atoms with van der Waals surface area (Å²) < 4.78 is 0. The van der Waals surface area contributed by atoms with Crippen molar-refractivity contribution in [3.63, 3.8) is 0 Å². The molecule has 0 spiro atoms. The topological polar surface area (TPSA) is 15.3 Å². The highest BCUT2D eigenvalue weighted by atomic mass is 35.5. The quantitative estimate of drug-likeness (QED) is 0.828. The van der Waals surface area contributed by atoms with Crippen LogP contribution in [0, 0.1) is 6.92 Å². The molecule has 0 aliphatic heterocycles. The van der Waals surface area contributed by atoms with Crippen LogP contribution in [0.25, 0.3) is 0 Å². The molecule has 0 aromatic heterocycles. The molecule has 0 bridgehead atoms. The van der Waals surface area contributed by atoms with E-state index in [-0.39, 0.29) is 0 Å². The number of halogens is 1. The third-order valence-corrected chi connectivity index (χ3v) is 4.21. The normalized spacial score (nSPS) is 12.4. The molecule has 1 N–H and O–H groups in total. The molecule has 2 aromatic carbocycles. The zero-order valence-corrected chi connectivity index (χ0v) is 13.7. The van der Waals surface area contributed by atoms with Gasteiger partial charge in [-0.15, -0.1) is 0 Å². The van der Waals surface area contributed by atoms with E-state index in [1.54, 1.807) is 0 Å². The minimum atomic E-state index is 0.304. The predicted molar refractivity (Wildman–Crippen MR) is 92.2 cm³/mol. The lowest BCUT2D eigenvalue weighted by Gasteiger charge is -2.26. The van der Waals surface area contributed by atoms with Crippen molar-refractivity contribution in [2.24, 2.45) is 0 Å². The van der Waals surface area contributed by atoms with Crippen LogP contribution in [0.2, 0.25) is 5.02 Å². The standard InChI is InChI=1S/C18H23ClN2/c1-14-8-10-16(11-9-14)20-12-13-21(3)15(2)17-6-4-5-7-18(17)19/h4-11,15,20H,12-13H2,1-3H3. The van der Waals surface area contributed by atoms with Crippen molar-refractivity contribution < 1.29 is 0 Å². The average Bonchev–Trinajstić information content (AvgIpc) is 2.49. The Kier molecular flexibility index (Phi) is 5.66. The maximum absolute atomic E-state index is 6.27. The van der Waals surface area contributed by atoms with Gasteiger partial charge in [0.05, 0.1) is 0 Å². The van der Waals surface area contributed by atoms with Crippen molar-refractivity contribution in [2.75, 3.05) is 25.5 Å². The van der Waals surface area contributed by atoms with Gasteiger partial charge in [0, 0.05) is 29.8 Å². The highest BCUT2D eigenvalue weighted by Crippen LogP contribution is 2.25. The van der Waals surface area contributed by atoms with E-state index in [0.29, 0.717) is 6.04 Å². The van der Waals surface area contributed by atoms with E-state index >= 15 is 0 Å². The van der Waals surface area contributed by atoms with Crippen molar-refractivity contribution in [3.8, 4) is 0 Å². The Labute approximate surface area is 132 Å². The number of likely N-dealkylation sites (N-methyl/N-ethyl adjacent to an activating group) is 1. The Morgan fingerprint density at radius 1 is 1.10 bits per heavy atom. The van der Waals surface area contributed by atoms with E-state index in [1.165, 1.54) is 16.8 Å². The van der Waals surface area contributed by atoms with Gasteiger partial charge in [-0.3, -0.25) is 4.90 Å². The summed E-state index contributed by atoms with van der Waals surface area (Å²) in [5.74, 6) is 0.